The Morgan fingerprint density at radius 2 is 1.90 bits per heavy atom. The molecule has 0 atom stereocenters. The Bertz CT molecular complexity index is 596. The van der Waals surface area contributed by atoms with E-state index in [0.717, 1.165) is 21.5 Å². The fourth-order valence-corrected chi connectivity index (χ4v) is 2.07. The highest BCUT2D eigenvalue weighted by Crippen LogP contribution is 2.17. The molecule has 2 rings (SSSR count). The van der Waals surface area contributed by atoms with Gasteiger partial charge >= 0.3 is 0 Å². The molecule has 0 saturated carbocycles. The lowest BCUT2D eigenvalue weighted by Crippen LogP contribution is -2.22. The fraction of sp³-hybridized carbons (Fsp3) is 0.133. The number of aliphatic imine (C=N–C) groups is 1. The first-order valence-corrected chi connectivity index (χ1v) is 6.93. The van der Waals surface area contributed by atoms with Crippen LogP contribution in [-0.4, -0.2) is 13.1 Å². The number of methoxy groups -OCH3 is 1. The van der Waals surface area contributed by atoms with E-state index in [0.29, 0.717) is 12.5 Å². The highest BCUT2D eigenvalue weighted by molar-refractivity contribution is 9.10. The van der Waals surface area contributed by atoms with Crippen molar-refractivity contribution < 1.29 is 4.74 Å². The van der Waals surface area contributed by atoms with Gasteiger partial charge in [0, 0.05) is 10.2 Å². The van der Waals surface area contributed by atoms with Gasteiger partial charge in [-0.2, -0.15) is 0 Å². The molecular weight excluding hydrogens is 318 g/mol. The zero-order valence-corrected chi connectivity index (χ0v) is 12.7. The van der Waals surface area contributed by atoms with E-state index in [2.05, 4.69) is 26.2 Å². The molecule has 2 aromatic rings. The van der Waals surface area contributed by atoms with Crippen LogP contribution >= 0.6 is 15.9 Å². The molecule has 2 aromatic carbocycles. The Morgan fingerprint density at radius 1 is 1.20 bits per heavy atom. The zero-order chi connectivity index (χ0) is 14.4. The van der Waals surface area contributed by atoms with Crippen LogP contribution in [0.25, 0.3) is 0 Å². The van der Waals surface area contributed by atoms with Crippen molar-refractivity contribution in [1.29, 1.82) is 0 Å². The topological polar surface area (TPSA) is 59.6 Å². The van der Waals surface area contributed by atoms with E-state index in [1.807, 2.05) is 48.5 Å². The summed E-state index contributed by atoms with van der Waals surface area (Å²) in [6, 6.07) is 15.4. The molecule has 20 heavy (non-hydrogen) atoms. The van der Waals surface area contributed by atoms with Gasteiger partial charge in [0.15, 0.2) is 5.96 Å². The van der Waals surface area contributed by atoms with E-state index in [4.69, 9.17) is 10.5 Å². The van der Waals surface area contributed by atoms with Gasteiger partial charge < -0.3 is 15.8 Å². The molecule has 3 N–H and O–H groups in total. The number of nitrogens with zero attached hydrogens (tertiary/aromatic N) is 1. The summed E-state index contributed by atoms with van der Waals surface area (Å²) in [4.78, 5) is 4.32. The molecule has 104 valence electrons. The number of hydrogen-bond donors (Lipinski definition) is 2. The maximum absolute atomic E-state index is 5.87. The van der Waals surface area contributed by atoms with Crippen LogP contribution in [-0.2, 0) is 6.54 Å². The highest BCUT2D eigenvalue weighted by atomic mass is 79.9. The summed E-state index contributed by atoms with van der Waals surface area (Å²) in [6.45, 7) is 0.524. The molecule has 0 aliphatic carbocycles. The molecule has 5 heteroatoms. The average molecular weight is 334 g/mol. The SMILES string of the molecule is COc1ccc(NC(N)=NCc2ccccc2Br)cc1. The standard InChI is InChI=1S/C15H16BrN3O/c1-20-13-8-6-12(7-9-13)19-15(17)18-10-11-4-2-3-5-14(11)16/h2-9H,10H2,1H3,(H3,17,18,19). The van der Waals surface area contributed by atoms with Gasteiger partial charge in [-0.3, -0.25) is 0 Å². The number of nitrogens with two attached hydrogens (primary N) is 1. The molecule has 4 nitrogen and oxygen atoms in total. The van der Waals surface area contributed by atoms with Crippen molar-refractivity contribution in [3.8, 4) is 5.75 Å². The zero-order valence-electron chi connectivity index (χ0n) is 11.1. The number of rotatable bonds is 4. The highest BCUT2D eigenvalue weighted by Gasteiger charge is 1.99. The van der Waals surface area contributed by atoms with Crippen LogP contribution < -0.4 is 15.8 Å². The minimum Gasteiger partial charge on any atom is -0.497 e. The van der Waals surface area contributed by atoms with Gasteiger partial charge in [0.25, 0.3) is 0 Å². The first kappa shape index (κ1) is 14.4. The van der Waals surface area contributed by atoms with Crippen LogP contribution in [0, 0.1) is 0 Å². The van der Waals surface area contributed by atoms with Crippen LogP contribution in [0.15, 0.2) is 58.0 Å². The number of nitrogens with one attached hydrogen (secondary N) is 1. The van der Waals surface area contributed by atoms with Gasteiger partial charge in [0.05, 0.1) is 13.7 Å². The first-order valence-electron chi connectivity index (χ1n) is 6.13. The van der Waals surface area contributed by atoms with E-state index in [1.165, 1.54) is 0 Å². The third kappa shape index (κ3) is 3.99. The second kappa shape index (κ2) is 6.96. The molecule has 0 radical (unpaired) electrons. The van der Waals surface area contributed by atoms with E-state index < -0.39 is 0 Å². The van der Waals surface area contributed by atoms with Crippen molar-refractivity contribution in [3.63, 3.8) is 0 Å². The van der Waals surface area contributed by atoms with Crippen molar-refractivity contribution in [1.82, 2.24) is 0 Å². The van der Waals surface area contributed by atoms with Crippen LogP contribution in [0.4, 0.5) is 5.69 Å². The summed E-state index contributed by atoms with van der Waals surface area (Å²) >= 11 is 3.48. The normalized spacial score (nSPS) is 11.2. The molecular formula is C15H16BrN3O. The van der Waals surface area contributed by atoms with Gasteiger partial charge in [-0.25, -0.2) is 4.99 Å². The van der Waals surface area contributed by atoms with Crippen LogP contribution in [0.3, 0.4) is 0 Å². The molecule has 0 saturated heterocycles. The molecule has 0 aliphatic rings. The monoisotopic (exact) mass is 333 g/mol. The summed E-state index contributed by atoms with van der Waals surface area (Å²) < 4.78 is 6.13. The molecule has 0 heterocycles. The first-order chi connectivity index (χ1) is 9.69. The van der Waals surface area contributed by atoms with Gasteiger partial charge in [-0.1, -0.05) is 34.1 Å². The van der Waals surface area contributed by atoms with Crippen LogP contribution in [0.5, 0.6) is 5.75 Å². The van der Waals surface area contributed by atoms with Crippen molar-refractivity contribution in [2.75, 3.05) is 12.4 Å². The summed E-state index contributed by atoms with van der Waals surface area (Å²) in [6.07, 6.45) is 0. The van der Waals surface area contributed by atoms with E-state index >= 15 is 0 Å². The third-order valence-corrected chi connectivity index (χ3v) is 3.51. The fourth-order valence-electron chi connectivity index (χ4n) is 1.66. The van der Waals surface area contributed by atoms with Gasteiger partial charge in [-0.15, -0.1) is 0 Å². The molecule has 0 aromatic heterocycles. The second-order valence-electron chi connectivity index (χ2n) is 4.15. The Morgan fingerprint density at radius 3 is 2.55 bits per heavy atom. The number of anilines is 1. The van der Waals surface area contributed by atoms with Gasteiger partial charge in [0.2, 0.25) is 0 Å². The number of benzene rings is 2. The predicted molar refractivity (Wildman–Crippen MR) is 86.1 cm³/mol. The summed E-state index contributed by atoms with van der Waals surface area (Å²) in [5.74, 6) is 1.19. The summed E-state index contributed by atoms with van der Waals surface area (Å²) in [5, 5.41) is 3.04. The van der Waals surface area contributed by atoms with Crippen molar-refractivity contribution in [2.45, 2.75) is 6.54 Å². The Kier molecular flexibility index (Phi) is 5.01. The van der Waals surface area contributed by atoms with Crippen molar-refractivity contribution in [3.05, 3.63) is 58.6 Å². The predicted octanol–water partition coefficient (Wildman–Crippen LogP) is 3.38. The lowest BCUT2D eigenvalue weighted by molar-refractivity contribution is 0.415. The van der Waals surface area contributed by atoms with Gasteiger partial charge in [-0.05, 0) is 35.9 Å². The number of guanidine groups is 1. The Labute approximate surface area is 126 Å². The quantitative estimate of drug-likeness (QED) is 0.666. The lowest BCUT2D eigenvalue weighted by atomic mass is 10.2. The molecule has 0 fully saturated rings. The van der Waals surface area contributed by atoms with Crippen molar-refractivity contribution in [2.24, 2.45) is 10.7 Å². The number of halogens is 1. The number of ether oxygens (including phenoxy) is 1. The van der Waals surface area contributed by atoms with E-state index in [9.17, 15) is 0 Å². The molecule has 0 aliphatic heterocycles. The Hall–Kier alpha value is -2.01. The third-order valence-electron chi connectivity index (χ3n) is 2.74. The van der Waals surface area contributed by atoms with Crippen molar-refractivity contribution >= 4 is 27.6 Å². The molecule has 0 amide bonds. The minimum absolute atomic E-state index is 0.380. The van der Waals surface area contributed by atoms with Crippen LogP contribution in [0.1, 0.15) is 5.56 Å². The molecule has 0 unspecified atom stereocenters. The smallest absolute Gasteiger partial charge is 0.193 e. The maximum atomic E-state index is 5.87. The number of hydrogen-bond acceptors (Lipinski definition) is 2. The largest absolute Gasteiger partial charge is 0.497 e. The maximum Gasteiger partial charge on any atom is 0.193 e. The molecule has 0 spiro atoms. The molecule has 0 bridgehead atoms. The lowest BCUT2D eigenvalue weighted by Gasteiger charge is -2.07. The Balaban J connectivity index is 1.98. The second-order valence-corrected chi connectivity index (χ2v) is 5.00. The summed E-state index contributed by atoms with van der Waals surface area (Å²) in [7, 11) is 1.63. The van der Waals surface area contributed by atoms with Crippen LogP contribution in [0.2, 0.25) is 0 Å². The van der Waals surface area contributed by atoms with E-state index in [1.54, 1.807) is 7.11 Å². The summed E-state index contributed by atoms with van der Waals surface area (Å²) in [5.41, 5.74) is 7.83. The average Bonchev–Trinajstić information content (AvgIpc) is 2.47. The van der Waals surface area contributed by atoms with E-state index in [-0.39, 0.29) is 0 Å². The van der Waals surface area contributed by atoms with Gasteiger partial charge in [0.1, 0.15) is 5.75 Å². The minimum atomic E-state index is 0.380.